The summed E-state index contributed by atoms with van der Waals surface area (Å²) in [5, 5.41) is 6.14. The molecular formula is C70H68N4O2. The quantitative estimate of drug-likeness (QED) is 0.143. The third-order valence-electron chi connectivity index (χ3n) is 17.3. The fourth-order valence-corrected chi connectivity index (χ4v) is 13.3. The Balaban J connectivity index is 0.000000162. The van der Waals surface area contributed by atoms with Crippen LogP contribution in [-0.2, 0) is 36.5 Å². The lowest BCUT2D eigenvalue weighted by Gasteiger charge is -2.45. The molecular weight excluding hydrogens is 929 g/mol. The van der Waals surface area contributed by atoms with Crippen LogP contribution in [0.1, 0.15) is 128 Å². The van der Waals surface area contributed by atoms with Gasteiger partial charge >= 0.3 is 0 Å². The molecule has 4 aliphatic rings. The van der Waals surface area contributed by atoms with Crippen LogP contribution >= 0.6 is 0 Å². The lowest BCUT2D eigenvalue weighted by molar-refractivity contribution is 0.101. The van der Waals surface area contributed by atoms with E-state index in [-0.39, 0.29) is 22.6 Å². The third-order valence-corrected chi connectivity index (χ3v) is 17.3. The maximum Gasteiger partial charge on any atom is 0.255 e. The van der Waals surface area contributed by atoms with Crippen LogP contribution in [0.4, 0.5) is 11.4 Å². The van der Waals surface area contributed by atoms with E-state index >= 15 is 0 Å². The summed E-state index contributed by atoms with van der Waals surface area (Å²) in [7, 11) is 0. The van der Waals surface area contributed by atoms with Crippen molar-refractivity contribution in [1.82, 2.24) is 9.97 Å². The van der Waals surface area contributed by atoms with Crippen LogP contribution < -0.4 is 10.6 Å². The van der Waals surface area contributed by atoms with Gasteiger partial charge in [-0.05, 0) is 207 Å². The molecule has 0 bridgehead atoms. The molecule has 6 aromatic carbocycles. The van der Waals surface area contributed by atoms with Crippen molar-refractivity contribution >= 4 is 34.3 Å². The Labute approximate surface area is 449 Å². The SMILES string of the molecule is Cc1ncccc1NC(=O)c1ccc2c(c1)CCC[C@@H]1CC(c3ccccc3)=CC[C@]21Cc1ccccc1.Cc1ncccc1NC(=O)c1ccc2c(c1)CCC[C@H]1CC(c3ccccc3)=CC[C@@]21Cc1ccccc1. The van der Waals surface area contributed by atoms with E-state index in [1.807, 2.05) is 50.2 Å². The summed E-state index contributed by atoms with van der Waals surface area (Å²) in [4.78, 5) is 35.1. The average molecular weight is 997 g/mol. The Morgan fingerprint density at radius 2 is 0.882 bits per heavy atom. The second-order valence-electron chi connectivity index (χ2n) is 21.7. The number of fused-ring (bicyclic) bond motifs is 6. The number of anilines is 2. The van der Waals surface area contributed by atoms with Crippen molar-refractivity contribution in [2.75, 3.05) is 10.6 Å². The molecule has 0 spiro atoms. The summed E-state index contributed by atoms with van der Waals surface area (Å²) >= 11 is 0. The van der Waals surface area contributed by atoms with Crippen LogP contribution in [0.25, 0.3) is 11.1 Å². The van der Waals surface area contributed by atoms with Crippen molar-refractivity contribution in [3.05, 3.63) is 274 Å². The summed E-state index contributed by atoms with van der Waals surface area (Å²) in [6.07, 6.45) is 21.4. The van der Waals surface area contributed by atoms with Gasteiger partial charge in [0.05, 0.1) is 22.8 Å². The first-order chi connectivity index (χ1) is 37.2. The van der Waals surface area contributed by atoms with Crippen molar-refractivity contribution in [3.8, 4) is 0 Å². The number of hydrogen-bond donors (Lipinski definition) is 2. The fourth-order valence-electron chi connectivity index (χ4n) is 13.3. The van der Waals surface area contributed by atoms with Gasteiger partial charge in [-0.3, -0.25) is 19.6 Å². The topological polar surface area (TPSA) is 84.0 Å². The van der Waals surface area contributed by atoms with Gasteiger partial charge in [-0.1, -0.05) is 146 Å². The zero-order chi connectivity index (χ0) is 51.9. The number of allylic oxidation sites excluding steroid dienone is 4. The maximum absolute atomic E-state index is 13.2. The molecule has 6 heteroatoms. The van der Waals surface area contributed by atoms with Crippen molar-refractivity contribution in [1.29, 1.82) is 0 Å². The number of hydrogen-bond acceptors (Lipinski definition) is 4. The lowest BCUT2D eigenvalue weighted by atomic mass is 9.59. The zero-order valence-corrected chi connectivity index (χ0v) is 44.0. The molecule has 0 saturated carbocycles. The molecule has 2 heterocycles. The van der Waals surface area contributed by atoms with Crippen molar-refractivity contribution in [3.63, 3.8) is 0 Å². The minimum atomic E-state index is -0.0725. The number of aryl methyl sites for hydroxylation is 4. The van der Waals surface area contributed by atoms with Crippen LogP contribution in [0.5, 0.6) is 0 Å². The minimum Gasteiger partial charge on any atom is -0.320 e. The molecule has 2 amide bonds. The molecule has 12 rings (SSSR count). The van der Waals surface area contributed by atoms with E-state index in [1.165, 1.54) is 68.5 Å². The van der Waals surface area contributed by atoms with E-state index in [2.05, 4.69) is 178 Å². The van der Waals surface area contributed by atoms with Gasteiger partial charge in [0.25, 0.3) is 11.8 Å². The maximum atomic E-state index is 13.2. The summed E-state index contributed by atoms with van der Waals surface area (Å²) in [5.41, 5.74) is 18.6. The summed E-state index contributed by atoms with van der Waals surface area (Å²) in [6.45, 7) is 3.83. The Morgan fingerprint density at radius 1 is 0.487 bits per heavy atom. The van der Waals surface area contributed by atoms with Crippen LogP contribution in [0, 0.1) is 25.7 Å². The Morgan fingerprint density at radius 3 is 1.28 bits per heavy atom. The van der Waals surface area contributed by atoms with Gasteiger partial charge in [0.1, 0.15) is 0 Å². The van der Waals surface area contributed by atoms with E-state index in [1.54, 1.807) is 12.4 Å². The van der Waals surface area contributed by atoms with Crippen LogP contribution in [-0.4, -0.2) is 21.8 Å². The number of nitrogens with one attached hydrogen (secondary N) is 2. The number of aromatic nitrogens is 2. The normalized spacial score (nSPS) is 20.4. The summed E-state index contributed by atoms with van der Waals surface area (Å²) < 4.78 is 0. The largest absolute Gasteiger partial charge is 0.320 e. The molecule has 2 N–H and O–H groups in total. The lowest BCUT2D eigenvalue weighted by Crippen LogP contribution is -2.39. The van der Waals surface area contributed by atoms with Crippen molar-refractivity contribution in [2.24, 2.45) is 11.8 Å². The molecule has 2 aromatic heterocycles. The Bertz CT molecular complexity index is 3180. The first-order valence-electron chi connectivity index (χ1n) is 27.5. The number of pyridine rings is 2. The highest BCUT2D eigenvalue weighted by atomic mass is 16.2. The van der Waals surface area contributed by atoms with E-state index in [9.17, 15) is 9.59 Å². The molecule has 0 radical (unpaired) electrons. The average Bonchev–Trinajstić information content (AvgIpc) is 3.80. The van der Waals surface area contributed by atoms with E-state index < -0.39 is 0 Å². The van der Waals surface area contributed by atoms with Gasteiger partial charge in [0, 0.05) is 34.4 Å². The highest BCUT2D eigenvalue weighted by Crippen LogP contribution is 2.54. The fraction of sp³-hybridized carbons (Fsp3) is 0.257. The highest BCUT2D eigenvalue weighted by Gasteiger charge is 2.46. The number of carbonyl (C=O) groups is 2. The molecule has 8 aromatic rings. The molecule has 0 unspecified atom stereocenters. The number of nitrogens with zero attached hydrogens (tertiary/aromatic N) is 2. The predicted octanol–water partition coefficient (Wildman–Crippen LogP) is 15.9. The van der Waals surface area contributed by atoms with Crippen LogP contribution in [0.3, 0.4) is 0 Å². The number of rotatable bonds is 10. The Kier molecular flexibility index (Phi) is 14.9. The summed E-state index contributed by atoms with van der Waals surface area (Å²) in [5.74, 6) is 0.970. The van der Waals surface area contributed by atoms with E-state index in [0.29, 0.717) is 11.8 Å². The van der Waals surface area contributed by atoms with E-state index in [4.69, 9.17) is 0 Å². The molecule has 0 saturated heterocycles. The molecule has 0 fully saturated rings. The monoisotopic (exact) mass is 997 g/mol. The molecule has 6 nitrogen and oxygen atoms in total. The third kappa shape index (κ3) is 10.6. The van der Waals surface area contributed by atoms with Gasteiger partial charge in [-0.25, -0.2) is 0 Å². The number of carbonyl (C=O) groups excluding carboxylic acids is 2. The highest BCUT2D eigenvalue weighted by molar-refractivity contribution is 6.05. The predicted molar refractivity (Wildman–Crippen MR) is 311 cm³/mol. The van der Waals surface area contributed by atoms with Crippen molar-refractivity contribution in [2.45, 2.75) is 102 Å². The molecule has 76 heavy (non-hydrogen) atoms. The first-order valence-corrected chi connectivity index (χ1v) is 27.5. The minimum absolute atomic E-state index is 0.0282. The number of amides is 2. The standard InChI is InChI=1S/2C35H34N2O/c2*1-25-33(16-9-21-36-25)37-34(38)30-17-18-32-29(22-30)14-8-15-31-23-28(27-12-6-3-7-13-27)19-20-35(31,32)24-26-10-4-2-5-11-26/h2*2-7,9-13,16-19,21-22,31H,8,14-15,20,23-24H2,1H3,(H,37,38)/t2*31-,35-/m10/s1. The van der Waals surface area contributed by atoms with Gasteiger partial charge < -0.3 is 10.6 Å². The smallest absolute Gasteiger partial charge is 0.255 e. The summed E-state index contributed by atoms with van der Waals surface area (Å²) in [6, 6.07) is 64.1. The molecule has 0 aliphatic heterocycles. The second kappa shape index (κ2) is 22.5. The van der Waals surface area contributed by atoms with Gasteiger partial charge in [0.2, 0.25) is 0 Å². The van der Waals surface area contributed by atoms with Gasteiger partial charge in [-0.2, -0.15) is 0 Å². The Hall–Kier alpha value is -7.96. The molecule has 4 atom stereocenters. The molecule has 380 valence electrons. The second-order valence-corrected chi connectivity index (χ2v) is 21.7. The zero-order valence-electron chi connectivity index (χ0n) is 44.0. The van der Waals surface area contributed by atoms with Crippen molar-refractivity contribution < 1.29 is 9.59 Å². The first kappa shape index (κ1) is 50.2. The van der Waals surface area contributed by atoms with E-state index in [0.717, 1.165) is 98.1 Å². The van der Waals surface area contributed by atoms with Gasteiger partial charge in [0.15, 0.2) is 0 Å². The van der Waals surface area contributed by atoms with Crippen LogP contribution in [0.2, 0.25) is 0 Å². The number of benzene rings is 6. The molecule has 4 aliphatic carbocycles. The van der Waals surface area contributed by atoms with Gasteiger partial charge in [-0.15, -0.1) is 0 Å². The van der Waals surface area contributed by atoms with Crippen LogP contribution in [0.15, 0.2) is 207 Å².